The van der Waals surface area contributed by atoms with Crippen LogP contribution in [0.5, 0.6) is 5.75 Å². The van der Waals surface area contributed by atoms with Gasteiger partial charge in [0.15, 0.2) is 0 Å². The van der Waals surface area contributed by atoms with E-state index in [2.05, 4.69) is 29.6 Å². The van der Waals surface area contributed by atoms with E-state index in [0.29, 0.717) is 30.5 Å². The molecule has 6 heteroatoms. The highest BCUT2D eigenvalue weighted by Crippen LogP contribution is 2.64. The Morgan fingerprint density at radius 3 is 2.53 bits per heavy atom. The van der Waals surface area contributed by atoms with Crippen molar-refractivity contribution < 1.29 is 24.0 Å². The molecule has 4 bridgehead atoms. The normalized spacial score (nSPS) is 43.7. The summed E-state index contributed by atoms with van der Waals surface area (Å²) in [4.78, 5) is 12.5. The highest BCUT2D eigenvalue weighted by atomic mass is 17.3. The third-order valence-electron chi connectivity index (χ3n) is 9.77. The number of ether oxygens (including phenoxy) is 3. The monoisotopic (exact) mass is 469 g/mol. The minimum absolute atomic E-state index is 0.399. The summed E-state index contributed by atoms with van der Waals surface area (Å²) in [7, 11) is 0. The molecule has 5 saturated carbocycles. The Balaban J connectivity index is 1.01. The van der Waals surface area contributed by atoms with Crippen molar-refractivity contribution in [1.29, 1.82) is 0 Å². The molecule has 0 unspecified atom stereocenters. The third-order valence-corrected chi connectivity index (χ3v) is 9.77. The Bertz CT molecular complexity index is 857. The molecule has 2 spiro atoms. The molecular formula is C28H39NO5. The van der Waals surface area contributed by atoms with E-state index < -0.39 is 11.6 Å². The van der Waals surface area contributed by atoms with Gasteiger partial charge in [0.25, 0.3) is 0 Å². The van der Waals surface area contributed by atoms with Crippen molar-refractivity contribution in [2.24, 2.45) is 23.7 Å². The van der Waals surface area contributed by atoms with Crippen LogP contribution >= 0.6 is 0 Å². The van der Waals surface area contributed by atoms with E-state index in [-0.39, 0.29) is 0 Å². The van der Waals surface area contributed by atoms with Crippen molar-refractivity contribution in [3.8, 4) is 5.75 Å². The molecule has 0 radical (unpaired) electrons. The Kier molecular flexibility index (Phi) is 5.67. The summed E-state index contributed by atoms with van der Waals surface area (Å²) in [6.45, 7) is 2.22. The molecule has 1 aromatic carbocycles. The second-order valence-electron chi connectivity index (χ2n) is 12.0. The average Bonchev–Trinajstić information content (AvgIpc) is 3.22. The van der Waals surface area contributed by atoms with Crippen molar-refractivity contribution in [3.05, 3.63) is 29.8 Å². The van der Waals surface area contributed by atoms with E-state index in [0.717, 1.165) is 69.3 Å². The van der Waals surface area contributed by atoms with Crippen LogP contribution in [0.15, 0.2) is 24.3 Å². The molecule has 2 aliphatic heterocycles. The molecule has 1 aromatic rings. The van der Waals surface area contributed by atoms with E-state index in [1.807, 2.05) is 0 Å². The van der Waals surface area contributed by atoms with Gasteiger partial charge in [-0.1, -0.05) is 12.1 Å². The summed E-state index contributed by atoms with van der Waals surface area (Å²) in [5.74, 6) is 3.08. The molecule has 8 rings (SSSR count). The second kappa shape index (κ2) is 8.74. The quantitative estimate of drug-likeness (QED) is 0.468. The molecule has 2 heterocycles. The number of hydrogen-bond donors (Lipinski definition) is 1. The fourth-order valence-electron chi connectivity index (χ4n) is 8.26. The van der Waals surface area contributed by atoms with Gasteiger partial charge in [-0.15, -0.1) is 0 Å². The summed E-state index contributed by atoms with van der Waals surface area (Å²) in [5.41, 5.74) is 1.32. The molecule has 34 heavy (non-hydrogen) atoms. The molecule has 186 valence electrons. The van der Waals surface area contributed by atoms with Crippen molar-refractivity contribution >= 4 is 0 Å². The summed E-state index contributed by atoms with van der Waals surface area (Å²) in [6.07, 6.45) is 12.6. The van der Waals surface area contributed by atoms with Crippen molar-refractivity contribution in [2.75, 3.05) is 19.9 Å². The number of hydrogen-bond acceptors (Lipinski definition) is 6. The molecule has 1 N–H and O–H groups in total. The average molecular weight is 470 g/mol. The summed E-state index contributed by atoms with van der Waals surface area (Å²) < 4.78 is 18.5. The van der Waals surface area contributed by atoms with Gasteiger partial charge in [0.2, 0.25) is 11.6 Å². The number of nitrogens with one attached hydrogen (secondary N) is 1. The zero-order valence-corrected chi connectivity index (χ0v) is 20.2. The van der Waals surface area contributed by atoms with Crippen LogP contribution in [-0.2, 0) is 19.2 Å². The predicted octanol–water partition coefficient (Wildman–Crippen LogP) is 5.28. The molecule has 7 fully saturated rings. The van der Waals surface area contributed by atoms with Gasteiger partial charge >= 0.3 is 0 Å². The van der Waals surface area contributed by atoms with Gasteiger partial charge in [-0.05, 0) is 93.2 Å². The first-order valence-corrected chi connectivity index (χ1v) is 13.8. The maximum absolute atomic E-state index is 6.97. The van der Waals surface area contributed by atoms with Crippen LogP contribution in [0, 0.1) is 23.7 Å². The van der Waals surface area contributed by atoms with Crippen LogP contribution < -0.4 is 10.1 Å². The largest absolute Gasteiger partial charge is 0.478 e. The standard InChI is InChI=1S/C28H39NO5/c1-3-21(16-26(5-1)31-18-29-25-6-9-30-10-7-25)22-4-2-8-27(17-22)32-28(34-33-27)23-12-19-11-20(14-23)15-24(28)13-19/h1,3,5,16,19-20,22-25,29H,2,4,6-15,17-18H2/t19?,20?,22-,23?,24?,27-,28?/m1/s1. The van der Waals surface area contributed by atoms with Crippen molar-refractivity contribution in [3.63, 3.8) is 0 Å². The summed E-state index contributed by atoms with van der Waals surface area (Å²) in [6, 6.07) is 9.11. The van der Waals surface area contributed by atoms with Gasteiger partial charge in [-0.25, -0.2) is 0 Å². The van der Waals surface area contributed by atoms with Crippen LogP contribution in [0.2, 0.25) is 0 Å². The van der Waals surface area contributed by atoms with Gasteiger partial charge in [-0.3, -0.25) is 5.32 Å². The lowest BCUT2D eigenvalue weighted by Crippen LogP contribution is -2.59. The topological polar surface area (TPSA) is 58.2 Å². The van der Waals surface area contributed by atoms with Gasteiger partial charge in [0.05, 0.1) is 0 Å². The van der Waals surface area contributed by atoms with E-state index in [9.17, 15) is 0 Å². The molecular weight excluding hydrogens is 430 g/mol. The maximum atomic E-state index is 6.97. The highest BCUT2D eigenvalue weighted by Gasteiger charge is 2.67. The lowest BCUT2D eigenvalue weighted by molar-refractivity contribution is -0.390. The maximum Gasteiger partial charge on any atom is 0.210 e. The number of benzene rings is 1. The second-order valence-corrected chi connectivity index (χ2v) is 12.0. The van der Waals surface area contributed by atoms with Crippen molar-refractivity contribution in [2.45, 2.75) is 94.2 Å². The zero-order chi connectivity index (χ0) is 22.6. The van der Waals surface area contributed by atoms with Crippen LogP contribution in [0.3, 0.4) is 0 Å². The summed E-state index contributed by atoms with van der Waals surface area (Å²) >= 11 is 0. The van der Waals surface area contributed by atoms with E-state index >= 15 is 0 Å². The SMILES string of the molecule is c1cc(OCNC2CCOCC2)cc([C@@H]2CCC[C@]3(C2)OOC2(O3)C3CC4CC(C3)CC2C4)c1. The minimum Gasteiger partial charge on any atom is -0.478 e. The molecule has 2 saturated heterocycles. The van der Waals surface area contributed by atoms with Crippen LogP contribution in [0.1, 0.15) is 82.1 Å². The summed E-state index contributed by atoms with van der Waals surface area (Å²) in [5, 5.41) is 3.51. The first-order chi connectivity index (χ1) is 16.7. The predicted molar refractivity (Wildman–Crippen MR) is 126 cm³/mol. The molecule has 6 nitrogen and oxygen atoms in total. The van der Waals surface area contributed by atoms with Gasteiger partial charge in [0.1, 0.15) is 12.5 Å². The Labute approximate surface area is 202 Å². The van der Waals surface area contributed by atoms with Gasteiger partial charge < -0.3 is 14.2 Å². The lowest BCUT2D eigenvalue weighted by atomic mass is 9.53. The Morgan fingerprint density at radius 2 is 1.74 bits per heavy atom. The first-order valence-electron chi connectivity index (χ1n) is 13.8. The Morgan fingerprint density at radius 1 is 0.941 bits per heavy atom. The van der Waals surface area contributed by atoms with E-state index in [1.54, 1.807) is 0 Å². The molecule has 2 atom stereocenters. The van der Waals surface area contributed by atoms with Crippen LogP contribution in [0.4, 0.5) is 0 Å². The first kappa shape index (κ1) is 22.1. The van der Waals surface area contributed by atoms with E-state index in [1.165, 1.54) is 37.7 Å². The smallest absolute Gasteiger partial charge is 0.210 e. The minimum atomic E-state index is -0.584. The number of rotatable bonds is 5. The van der Waals surface area contributed by atoms with Gasteiger partial charge in [0, 0.05) is 43.9 Å². The highest BCUT2D eigenvalue weighted by molar-refractivity contribution is 5.31. The van der Waals surface area contributed by atoms with E-state index in [4.69, 9.17) is 24.0 Å². The molecule has 7 aliphatic rings. The van der Waals surface area contributed by atoms with Crippen LogP contribution in [-0.4, -0.2) is 37.6 Å². The molecule has 0 amide bonds. The van der Waals surface area contributed by atoms with Crippen molar-refractivity contribution in [1.82, 2.24) is 5.32 Å². The molecule has 0 aromatic heterocycles. The fraction of sp³-hybridized carbons (Fsp3) is 0.786. The Hall–Kier alpha value is -1.18. The lowest BCUT2D eigenvalue weighted by Gasteiger charge is -2.57. The molecule has 5 aliphatic carbocycles. The zero-order valence-electron chi connectivity index (χ0n) is 20.2. The van der Waals surface area contributed by atoms with Crippen LogP contribution in [0.25, 0.3) is 0 Å². The fourth-order valence-corrected chi connectivity index (χ4v) is 8.26. The van der Waals surface area contributed by atoms with Gasteiger partial charge in [-0.2, -0.15) is 9.78 Å². The third kappa shape index (κ3) is 3.90.